The standard InChI is InChI=1S/C16H17N5O6S/c1-9-12(13-15(27-9)19-8-21(16(13)23)5-6-26-2)14(22)20-10-3-4-11(18-7-10)28(17,24)25/h3-4,7-8H,5-6H2,1-2H3,(H,20,22)(H2,17,24,25). The third-order valence-electron chi connectivity index (χ3n) is 3.90. The van der Waals surface area contributed by atoms with Crippen molar-refractivity contribution in [1.82, 2.24) is 14.5 Å². The molecule has 3 rings (SSSR count). The first-order valence-electron chi connectivity index (χ1n) is 8.00. The Morgan fingerprint density at radius 3 is 2.71 bits per heavy atom. The van der Waals surface area contributed by atoms with E-state index in [1.165, 1.54) is 31.0 Å². The van der Waals surface area contributed by atoms with Gasteiger partial charge in [-0.3, -0.25) is 14.2 Å². The highest BCUT2D eigenvalue weighted by Gasteiger charge is 2.23. The van der Waals surface area contributed by atoms with E-state index in [9.17, 15) is 18.0 Å². The number of ether oxygens (including phenoxy) is 1. The summed E-state index contributed by atoms with van der Waals surface area (Å²) in [6.07, 6.45) is 2.47. The van der Waals surface area contributed by atoms with Crippen molar-refractivity contribution in [2.24, 2.45) is 5.14 Å². The molecule has 0 spiro atoms. The van der Waals surface area contributed by atoms with Crippen LogP contribution in [0.5, 0.6) is 0 Å². The van der Waals surface area contributed by atoms with Crippen molar-refractivity contribution in [2.45, 2.75) is 18.5 Å². The number of hydrogen-bond acceptors (Lipinski definition) is 8. The summed E-state index contributed by atoms with van der Waals surface area (Å²) in [4.78, 5) is 33.2. The SMILES string of the molecule is COCCn1cnc2oc(C)c(C(=O)Nc3ccc(S(N)(=O)=O)nc3)c2c1=O. The Morgan fingerprint density at radius 2 is 2.11 bits per heavy atom. The summed E-state index contributed by atoms with van der Waals surface area (Å²) in [5.41, 5.74) is -0.139. The summed E-state index contributed by atoms with van der Waals surface area (Å²) in [5, 5.41) is 7.25. The number of pyridine rings is 1. The predicted octanol–water partition coefficient (Wildman–Crippen LogP) is 0.239. The molecule has 0 bridgehead atoms. The van der Waals surface area contributed by atoms with Crippen LogP contribution in [0.2, 0.25) is 0 Å². The second-order valence-electron chi connectivity index (χ2n) is 5.83. The van der Waals surface area contributed by atoms with E-state index in [4.69, 9.17) is 14.3 Å². The molecule has 0 unspecified atom stereocenters. The number of nitrogens with one attached hydrogen (secondary N) is 1. The van der Waals surface area contributed by atoms with E-state index in [1.54, 1.807) is 0 Å². The molecule has 11 nitrogen and oxygen atoms in total. The van der Waals surface area contributed by atoms with Crippen molar-refractivity contribution in [1.29, 1.82) is 0 Å². The highest BCUT2D eigenvalue weighted by Crippen LogP contribution is 2.22. The van der Waals surface area contributed by atoms with Crippen molar-refractivity contribution < 1.29 is 22.4 Å². The predicted molar refractivity (Wildman–Crippen MR) is 98.4 cm³/mol. The maximum atomic E-state index is 12.7. The fourth-order valence-electron chi connectivity index (χ4n) is 2.58. The molecule has 3 aromatic rings. The van der Waals surface area contributed by atoms with Crippen LogP contribution in [0.3, 0.4) is 0 Å². The first-order valence-corrected chi connectivity index (χ1v) is 9.54. The number of fused-ring (bicyclic) bond motifs is 1. The molecule has 0 radical (unpaired) electrons. The number of hydrogen-bond donors (Lipinski definition) is 2. The Bertz CT molecular complexity index is 1200. The number of carbonyl (C=O) groups excluding carboxylic acids is 1. The fraction of sp³-hybridized carbons (Fsp3) is 0.250. The zero-order valence-electron chi connectivity index (χ0n) is 15.0. The van der Waals surface area contributed by atoms with Gasteiger partial charge in [-0.25, -0.2) is 23.5 Å². The maximum Gasteiger partial charge on any atom is 0.265 e. The molecule has 28 heavy (non-hydrogen) atoms. The number of nitrogens with two attached hydrogens (primary N) is 1. The van der Waals surface area contributed by atoms with Crippen LogP contribution in [0.1, 0.15) is 16.1 Å². The minimum Gasteiger partial charge on any atom is -0.442 e. The van der Waals surface area contributed by atoms with Gasteiger partial charge in [0.05, 0.1) is 30.6 Å². The molecule has 0 aliphatic heterocycles. The Kier molecular flexibility index (Phi) is 5.27. The lowest BCUT2D eigenvalue weighted by Crippen LogP contribution is -2.24. The molecule has 0 atom stereocenters. The van der Waals surface area contributed by atoms with Crippen LogP contribution < -0.4 is 16.0 Å². The maximum absolute atomic E-state index is 12.7. The normalized spacial score (nSPS) is 11.7. The van der Waals surface area contributed by atoms with Crippen molar-refractivity contribution >= 4 is 32.7 Å². The molecule has 12 heteroatoms. The summed E-state index contributed by atoms with van der Waals surface area (Å²) in [6.45, 7) is 2.11. The van der Waals surface area contributed by atoms with Crippen molar-refractivity contribution in [2.75, 3.05) is 19.0 Å². The fourth-order valence-corrected chi connectivity index (χ4v) is 3.03. The van der Waals surface area contributed by atoms with Gasteiger partial charge in [0.15, 0.2) is 5.03 Å². The van der Waals surface area contributed by atoms with Gasteiger partial charge in [0, 0.05) is 7.11 Å². The van der Waals surface area contributed by atoms with Gasteiger partial charge >= 0.3 is 0 Å². The summed E-state index contributed by atoms with van der Waals surface area (Å²) in [7, 11) is -2.44. The van der Waals surface area contributed by atoms with E-state index < -0.39 is 21.5 Å². The zero-order valence-corrected chi connectivity index (χ0v) is 15.8. The number of methoxy groups -OCH3 is 1. The lowest BCUT2D eigenvalue weighted by Gasteiger charge is -2.06. The molecule has 1 amide bonds. The molecule has 148 valence electrons. The highest BCUT2D eigenvalue weighted by molar-refractivity contribution is 7.89. The quantitative estimate of drug-likeness (QED) is 0.587. The molecule has 0 fully saturated rings. The number of aryl methyl sites for hydroxylation is 1. The van der Waals surface area contributed by atoms with Crippen molar-refractivity contribution in [3.05, 3.63) is 46.3 Å². The molecule has 3 aromatic heterocycles. The average Bonchev–Trinajstić information content (AvgIpc) is 2.98. The molecule has 0 saturated heterocycles. The van der Waals surface area contributed by atoms with Crippen molar-refractivity contribution in [3.63, 3.8) is 0 Å². The number of furan rings is 1. The largest absolute Gasteiger partial charge is 0.442 e. The summed E-state index contributed by atoms with van der Waals surface area (Å²) in [6, 6.07) is 2.49. The van der Waals surface area contributed by atoms with Crippen LogP contribution >= 0.6 is 0 Å². The number of primary sulfonamides is 1. The lowest BCUT2D eigenvalue weighted by atomic mass is 10.1. The molecule has 0 aliphatic carbocycles. The number of rotatable bonds is 6. The van der Waals surface area contributed by atoms with Gasteiger partial charge in [-0.05, 0) is 19.1 Å². The summed E-state index contributed by atoms with van der Waals surface area (Å²) >= 11 is 0. The Hall–Kier alpha value is -3.09. The zero-order chi connectivity index (χ0) is 20.5. The van der Waals surface area contributed by atoms with Gasteiger partial charge in [0.2, 0.25) is 5.71 Å². The number of sulfonamides is 1. The first-order chi connectivity index (χ1) is 13.2. The average molecular weight is 407 g/mol. The van der Waals surface area contributed by atoms with E-state index in [-0.39, 0.29) is 39.7 Å². The smallest absolute Gasteiger partial charge is 0.265 e. The Labute approximate surface area is 159 Å². The monoisotopic (exact) mass is 407 g/mol. The van der Waals surface area contributed by atoms with E-state index in [2.05, 4.69) is 15.3 Å². The van der Waals surface area contributed by atoms with Crippen LogP contribution in [0.15, 0.2) is 38.9 Å². The molecule has 3 N–H and O–H groups in total. The van der Waals surface area contributed by atoms with E-state index >= 15 is 0 Å². The third-order valence-corrected chi connectivity index (χ3v) is 4.73. The van der Waals surface area contributed by atoms with Crippen LogP contribution in [-0.4, -0.2) is 42.6 Å². The second-order valence-corrected chi connectivity index (χ2v) is 7.34. The number of aromatic nitrogens is 3. The Morgan fingerprint density at radius 1 is 1.36 bits per heavy atom. The number of anilines is 1. The molecule has 0 aliphatic rings. The molecular formula is C16H17N5O6S. The van der Waals surface area contributed by atoms with Crippen LogP contribution in [-0.2, 0) is 21.3 Å². The topological polar surface area (TPSA) is 159 Å². The van der Waals surface area contributed by atoms with Gasteiger partial charge in [-0.2, -0.15) is 0 Å². The second kappa shape index (κ2) is 7.50. The molecule has 0 saturated carbocycles. The molecular weight excluding hydrogens is 390 g/mol. The lowest BCUT2D eigenvalue weighted by molar-refractivity contribution is 0.102. The molecule has 0 aromatic carbocycles. The third kappa shape index (κ3) is 3.78. The van der Waals surface area contributed by atoms with Gasteiger partial charge in [-0.1, -0.05) is 0 Å². The van der Waals surface area contributed by atoms with Crippen LogP contribution in [0.4, 0.5) is 5.69 Å². The van der Waals surface area contributed by atoms with Crippen LogP contribution in [0, 0.1) is 6.92 Å². The first kappa shape index (κ1) is 19.7. The minimum atomic E-state index is -3.95. The van der Waals surface area contributed by atoms with Crippen molar-refractivity contribution in [3.8, 4) is 0 Å². The summed E-state index contributed by atoms with van der Waals surface area (Å²) < 4.78 is 34.2. The van der Waals surface area contributed by atoms with Gasteiger partial charge in [0.25, 0.3) is 21.5 Å². The highest BCUT2D eigenvalue weighted by atomic mass is 32.2. The van der Waals surface area contributed by atoms with Gasteiger partial charge in [0.1, 0.15) is 17.5 Å². The van der Waals surface area contributed by atoms with E-state index in [1.807, 2.05) is 0 Å². The number of carbonyl (C=O) groups is 1. The Balaban J connectivity index is 1.97. The van der Waals surface area contributed by atoms with Crippen LogP contribution in [0.25, 0.3) is 11.1 Å². The van der Waals surface area contributed by atoms with E-state index in [0.717, 1.165) is 12.3 Å². The van der Waals surface area contributed by atoms with Gasteiger partial charge < -0.3 is 14.5 Å². The summed E-state index contributed by atoms with van der Waals surface area (Å²) in [5.74, 6) is -0.402. The number of amides is 1. The molecule has 3 heterocycles. The minimum absolute atomic E-state index is 0.0368. The number of nitrogens with zero attached hydrogens (tertiary/aromatic N) is 3. The van der Waals surface area contributed by atoms with Gasteiger partial charge in [-0.15, -0.1) is 0 Å². The van der Waals surface area contributed by atoms with E-state index in [0.29, 0.717) is 6.61 Å².